The molecule has 0 saturated carbocycles. The van der Waals surface area contributed by atoms with Crippen LogP contribution in [-0.2, 0) is 28.4 Å². The minimum absolute atomic E-state index is 0.103. The number of aryl methyl sites for hydroxylation is 1. The molecule has 0 spiro atoms. The second-order valence-corrected chi connectivity index (χ2v) is 15.3. The summed E-state index contributed by atoms with van der Waals surface area (Å²) in [6, 6.07) is 11.2. The third-order valence-electron chi connectivity index (χ3n) is 10.7. The number of hydrogen-bond acceptors (Lipinski definition) is 23. The number of benzene rings is 2. The first-order valence-corrected chi connectivity index (χ1v) is 20.0. The molecule has 63 heavy (non-hydrogen) atoms. The lowest BCUT2D eigenvalue weighted by Crippen LogP contribution is -2.65. The molecule has 0 amide bonds. The Bertz CT molecular complexity index is 1710. The van der Waals surface area contributed by atoms with Crippen molar-refractivity contribution in [1.82, 2.24) is 0 Å². The number of ether oxygens (including phenoxy) is 8. The molecule has 23 heteroatoms. The van der Waals surface area contributed by atoms with E-state index < -0.39 is 149 Å². The molecule has 20 atom stereocenters. The minimum Gasteiger partial charge on any atom is -0.508 e. The topological polar surface area (TPSA) is 377 Å². The largest absolute Gasteiger partial charge is 0.508 e. The molecule has 0 aliphatic carbocycles. The highest BCUT2D eigenvalue weighted by Gasteiger charge is 2.53. The molecule has 15 N–H and O–H groups in total. The summed E-state index contributed by atoms with van der Waals surface area (Å²) in [6.45, 7) is 1.02. The summed E-state index contributed by atoms with van der Waals surface area (Å²) in [7, 11) is 0. The van der Waals surface area contributed by atoms with Gasteiger partial charge in [-0.1, -0.05) is 29.8 Å². The van der Waals surface area contributed by atoms with Crippen LogP contribution in [-0.4, -0.2) is 226 Å². The van der Waals surface area contributed by atoms with E-state index in [1.54, 1.807) is 49.4 Å². The zero-order chi connectivity index (χ0) is 46.3. The quantitative estimate of drug-likeness (QED) is 0.0891. The first-order valence-electron chi connectivity index (χ1n) is 20.0. The summed E-state index contributed by atoms with van der Waals surface area (Å²) in [5, 5.41) is 150. The molecule has 6 rings (SSSR count). The second kappa shape index (κ2) is 22.8. The molecule has 4 fully saturated rings. The average Bonchev–Trinajstić information content (AvgIpc) is 3.26. The van der Waals surface area contributed by atoms with Gasteiger partial charge in [0, 0.05) is 6.07 Å². The van der Waals surface area contributed by atoms with Gasteiger partial charge in [-0.3, -0.25) is 0 Å². The molecule has 20 unspecified atom stereocenters. The Balaban J connectivity index is 0.000000239. The molecule has 2 aromatic carbocycles. The van der Waals surface area contributed by atoms with Crippen LogP contribution in [0.4, 0.5) is 0 Å². The van der Waals surface area contributed by atoms with Crippen molar-refractivity contribution < 1.29 is 114 Å². The number of hydrogen-bond donors (Lipinski definition) is 15. The van der Waals surface area contributed by atoms with E-state index in [9.17, 15) is 76.6 Å². The van der Waals surface area contributed by atoms with Crippen molar-refractivity contribution in [3.05, 3.63) is 59.7 Å². The monoisotopic (exact) mass is 906 g/mol. The molecule has 4 saturated heterocycles. The van der Waals surface area contributed by atoms with E-state index in [-0.39, 0.29) is 11.5 Å². The van der Waals surface area contributed by atoms with E-state index in [4.69, 9.17) is 37.9 Å². The van der Waals surface area contributed by atoms with Crippen molar-refractivity contribution in [3.63, 3.8) is 0 Å². The van der Waals surface area contributed by atoms with Crippen LogP contribution in [0.2, 0.25) is 0 Å². The molecule has 23 nitrogen and oxygen atoms in total. The first kappa shape index (κ1) is 50.8. The van der Waals surface area contributed by atoms with Gasteiger partial charge in [0.2, 0.25) is 12.6 Å². The number of allylic oxidation sites excluding steroid dienone is 1. The smallest absolute Gasteiger partial charge is 0.229 e. The zero-order valence-electron chi connectivity index (χ0n) is 34.0. The maximum Gasteiger partial charge on any atom is 0.229 e. The van der Waals surface area contributed by atoms with Gasteiger partial charge < -0.3 is 114 Å². The van der Waals surface area contributed by atoms with Crippen molar-refractivity contribution in [2.24, 2.45) is 0 Å². The summed E-state index contributed by atoms with van der Waals surface area (Å²) >= 11 is 0. The van der Waals surface area contributed by atoms with Crippen LogP contribution >= 0.6 is 0 Å². The summed E-state index contributed by atoms with van der Waals surface area (Å²) in [6.07, 6.45) is -26.8. The molecule has 0 bridgehead atoms. The maximum atomic E-state index is 10.6. The Hall–Kier alpha value is -3.22. The van der Waals surface area contributed by atoms with E-state index in [1.807, 2.05) is 6.92 Å². The van der Waals surface area contributed by atoms with Gasteiger partial charge in [-0.2, -0.15) is 0 Å². The van der Waals surface area contributed by atoms with Crippen LogP contribution in [0.1, 0.15) is 18.1 Å². The predicted molar refractivity (Wildman–Crippen MR) is 208 cm³/mol. The number of rotatable bonds is 13. The third-order valence-corrected chi connectivity index (χ3v) is 10.7. The van der Waals surface area contributed by atoms with Gasteiger partial charge in [0.15, 0.2) is 12.6 Å². The van der Waals surface area contributed by atoms with Gasteiger partial charge >= 0.3 is 0 Å². The fourth-order valence-electron chi connectivity index (χ4n) is 7.15. The number of phenols is 1. The van der Waals surface area contributed by atoms with Crippen LogP contribution in [0.5, 0.6) is 17.2 Å². The van der Waals surface area contributed by atoms with Crippen molar-refractivity contribution in [3.8, 4) is 17.2 Å². The van der Waals surface area contributed by atoms with Crippen LogP contribution in [0.3, 0.4) is 0 Å². The molecular formula is C40H58O23. The van der Waals surface area contributed by atoms with Gasteiger partial charge in [-0.05, 0) is 43.7 Å². The molecule has 4 aliphatic rings. The fourth-order valence-corrected chi connectivity index (χ4v) is 7.15. The van der Waals surface area contributed by atoms with E-state index in [0.29, 0.717) is 11.3 Å². The van der Waals surface area contributed by atoms with E-state index in [0.717, 1.165) is 5.56 Å². The van der Waals surface area contributed by atoms with Gasteiger partial charge in [-0.15, -0.1) is 0 Å². The lowest BCUT2D eigenvalue weighted by atomic mass is 9.97. The van der Waals surface area contributed by atoms with Crippen LogP contribution in [0.25, 0.3) is 6.08 Å². The van der Waals surface area contributed by atoms with Crippen molar-refractivity contribution >= 4 is 6.08 Å². The zero-order valence-corrected chi connectivity index (χ0v) is 34.0. The van der Waals surface area contributed by atoms with Crippen molar-refractivity contribution in [2.75, 3.05) is 26.4 Å². The highest BCUT2D eigenvalue weighted by molar-refractivity contribution is 5.54. The normalized spacial score (nSPS) is 40.8. The Morgan fingerprint density at radius 2 is 0.873 bits per heavy atom. The number of phenolic OH excluding ortho intramolecular Hbond substituents is 1. The molecule has 2 aromatic rings. The average molecular weight is 907 g/mol. The van der Waals surface area contributed by atoms with Gasteiger partial charge in [0.1, 0.15) is 115 Å². The Morgan fingerprint density at radius 3 is 1.29 bits per heavy atom. The second-order valence-electron chi connectivity index (χ2n) is 15.3. The maximum absolute atomic E-state index is 10.6. The lowest BCUT2D eigenvalue weighted by molar-refractivity contribution is -0.352. The van der Waals surface area contributed by atoms with Gasteiger partial charge in [0.05, 0.1) is 26.4 Å². The summed E-state index contributed by atoms with van der Waals surface area (Å²) in [5.74, 6) is 0.403. The van der Waals surface area contributed by atoms with E-state index in [1.165, 1.54) is 12.1 Å². The molecule has 4 heterocycles. The Morgan fingerprint density at radius 1 is 0.476 bits per heavy atom. The van der Waals surface area contributed by atoms with Gasteiger partial charge in [-0.25, -0.2) is 0 Å². The molecule has 356 valence electrons. The number of aliphatic hydroxyl groups excluding tert-OH is 14. The minimum atomic E-state index is -1.75. The SMILES string of the molecule is C/C=C/c1cc(O)cc(OC2OC(CO)C(OC3OC(CO)C(O)C(O)C3O)C(O)C2O)c1.Cc1ccc(OC2OC(CO)C(OC3OC(CO)C(O)C(O)C3O)C(O)C2O)cc1. The predicted octanol–water partition coefficient (Wildman–Crippen LogP) is -5.57. The van der Waals surface area contributed by atoms with Crippen LogP contribution in [0, 0.1) is 6.92 Å². The molecule has 0 aromatic heterocycles. The Labute approximate surface area is 360 Å². The molecule has 4 aliphatic heterocycles. The van der Waals surface area contributed by atoms with Crippen molar-refractivity contribution in [1.29, 1.82) is 0 Å². The number of aromatic hydroxyl groups is 1. The molecule has 0 radical (unpaired) electrons. The number of aliphatic hydroxyl groups is 14. The van der Waals surface area contributed by atoms with E-state index >= 15 is 0 Å². The van der Waals surface area contributed by atoms with E-state index in [2.05, 4.69) is 0 Å². The summed E-state index contributed by atoms with van der Waals surface area (Å²) in [5.41, 5.74) is 1.61. The third kappa shape index (κ3) is 12.0. The standard InChI is InChI=1S/C21H30O12.C19H28O11/c1-2-3-9-4-10(24)6-11(5-9)30-20-18(29)16(27)19(13(8-23)32-20)33-21-17(28)15(26)14(25)12(7-22)31-21;1-8-2-4-9(5-3-8)27-18-16(26)14(24)17(11(7-21)29-18)30-19-15(25)13(23)12(22)10(6-20)28-19/h2-6,12-29H,7-8H2,1H3;2-5,10-26H,6-7H2,1H3/b3-2+;. The lowest BCUT2D eigenvalue weighted by Gasteiger charge is -2.45. The molecular weight excluding hydrogens is 848 g/mol. The highest BCUT2D eigenvalue weighted by Crippen LogP contribution is 2.33. The fraction of sp³-hybridized carbons (Fsp3) is 0.650. The first-order chi connectivity index (χ1) is 30.0. The summed E-state index contributed by atoms with van der Waals surface area (Å²) < 4.78 is 43.7. The summed E-state index contributed by atoms with van der Waals surface area (Å²) in [4.78, 5) is 0. The Kier molecular flexibility index (Phi) is 18.4. The van der Waals surface area contributed by atoms with Gasteiger partial charge in [0.25, 0.3) is 0 Å². The van der Waals surface area contributed by atoms with Crippen molar-refractivity contribution in [2.45, 2.75) is 137 Å². The highest BCUT2D eigenvalue weighted by atomic mass is 16.8. The van der Waals surface area contributed by atoms with Crippen LogP contribution in [0.15, 0.2) is 48.5 Å². The van der Waals surface area contributed by atoms with Crippen LogP contribution < -0.4 is 9.47 Å².